The number of carbonyl (C=O) groups excluding carboxylic acids is 1. The Kier molecular flexibility index (Phi) is 4.51. The van der Waals surface area contributed by atoms with Gasteiger partial charge in [0.05, 0.1) is 5.60 Å². The average Bonchev–Trinajstić information content (AvgIpc) is 2.64. The van der Waals surface area contributed by atoms with Gasteiger partial charge in [0.15, 0.2) is 5.69 Å². The van der Waals surface area contributed by atoms with E-state index >= 15 is 0 Å². The zero-order chi connectivity index (χ0) is 16.5. The predicted molar refractivity (Wildman–Crippen MR) is 73.0 cm³/mol. The minimum atomic E-state index is -4.51. The van der Waals surface area contributed by atoms with E-state index in [1.54, 1.807) is 11.8 Å². The summed E-state index contributed by atoms with van der Waals surface area (Å²) < 4.78 is 38.9. The molecule has 1 amide bonds. The van der Waals surface area contributed by atoms with Crippen LogP contribution in [0.25, 0.3) is 0 Å². The molecule has 2 heterocycles. The van der Waals surface area contributed by atoms with Crippen LogP contribution in [0.15, 0.2) is 6.07 Å². The number of nitrogens with zero attached hydrogens (tertiary/aromatic N) is 3. The lowest BCUT2D eigenvalue weighted by Crippen LogP contribution is -2.36. The van der Waals surface area contributed by atoms with Gasteiger partial charge in [-0.3, -0.25) is 9.48 Å². The quantitative estimate of drug-likeness (QED) is 0.907. The van der Waals surface area contributed by atoms with E-state index in [0.29, 0.717) is 38.0 Å². The van der Waals surface area contributed by atoms with Gasteiger partial charge in [0, 0.05) is 18.8 Å². The van der Waals surface area contributed by atoms with Crippen LogP contribution in [0.3, 0.4) is 0 Å². The Balaban J connectivity index is 2.04. The second kappa shape index (κ2) is 5.91. The lowest BCUT2D eigenvalue weighted by atomic mass is 9.98. The van der Waals surface area contributed by atoms with Crippen molar-refractivity contribution in [3.05, 3.63) is 17.5 Å². The molecule has 1 unspecified atom stereocenters. The van der Waals surface area contributed by atoms with Crippen molar-refractivity contribution in [3.8, 4) is 0 Å². The molecule has 5 nitrogen and oxygen atoms in total. The van der Waals surface area contributed by atoms with Gasteiger partial charge in [0.1, 0.15) is 6.54 Å². The van der Waals surface area contributed by atoms with E-state index < -0.39 is 17.5 Å². The van der Waals surface area contributed by atoms with Gasteiger partial charge in [-0.2, -0.15) is 18.3 Å². The van der Waals surface area contributed by atoms with Crippen molar-refractivity contribution in [2.75, 3.05) is 13.1 Å². The summed E-state index contributed by atoms with van der Waals surface area (Å²) in [6.45, 7) is 3.90. The van der Waals surface area contributed by atoms with Gasteiger partial charge < -0.3 is 10.0 Å². The number of alkyl halides is 3. The van der Waals surface area contributed by atoms with Crippen molar-refractivity contribution in [2.45, 2.75) is 51.4 Å². The molecule has 0 spiro atoms. The molecule has 0 bridgehead atoms. The summed E-state index contributed by atoms with van der Waals surface area (Å²) in [6.07, 6.45) is -2.77. The van der Waals surface area contributed by atoms with Crippen LogP contribution in [0.2, 0.25) is 0 Å². The van der Waals surface area contributed by atoms with E-state index in [1.165, 1.54) is 6.92 Å². The SMILES string of the molecule is Cc1cc(C(F)(F)F)nn1CC(=O)N1CCCC(C)(O)CC1. The highest BCUT2D eigenvalue weighted by Crippen LogP contribution is 2.28. The lowest BCUT2D eigenvalue weighted by molar-refractivity contribution is -0.142. The molecule has 1 N–H and O–H groups in total. The van der Waals surface area contributed by atoms with Gasteiger partial charge in [0.25, 0.3) is 0 Å². The molecular weight excluding hydrogens is 299 g/mol. The molecule has 0 aliphatic carbocycles. The Morgan fingerprint density at radius 3 is 2.68 bits per heavy atom. The van der Waals surface area contributed by atoms with Gasteiger partial charge in [-0.25, -0.2) is 0 Å². The Morgan fingerprint density at radius 1 is 1.41 bits per heavy atom. The van der Waals surface area contributed by atoms with Crippen LogP contribution in [0.4, 0.5) is 13.2 Å². The van der Waals surface area contributed by atoms with Gasteiger partial charge in [-0.1, -0.05) is 0 Å². The number of aliphatic hydroxyl groups is 1. The fraction of sp³-hybridized carbons (Fsp3) is 0.714. The molecule has 2 rings (SSSR count). The van der Waals surface area contributed by atoms with Crippen LogP contribution in [0.1, 0.15) is 37.6 Å². The monoisotopic (exact) mass is 319 g/mol. The Bertz CT molecular complexity index is 552. The Hall–Kier alpha value is -1.57. The number of hydrogen-bond acceptors (Lipinski definition) is 3. The van der Waals surface area contributed by atoms with Crippen LogP contribution in [-0.4, -0.2) is 44.4 Å². The minimum Gasteiger partial charge on any atom is -0.390 e. The number of amides is 1. The van der Waals surface area contributed by atoms with E-state index in [4.69, 9.17) is 0 Å². The molecule has 0 radical (unpaired) electrons. The fourth-order valence-corrected chi connectivity index (χ4v) is 2.55. The van der Waals surface area contributed by atoms with E-state index in [1.807, 2.05) is 0 Å². The van der Waals surface area contributed by atoms with E-state index in [0.717, 1.165) is 10.7 Å². The first-order valence-corrected chi connectivity index (χ1v) is 7.20. The minimum absolute atomic E-state index is 0.218. The van der Waals surface area contributed by atoms with Crippen LogP contribution < -0.4 is 0 Å². The molecule has 0 saturated carbocycles. The molecular formula is C14H20F3N3O2. The van der Waals surface area contributed by atoms with Crippen molar-refractivity contribution in [1.29, 1.82) is 0 Å². The molecule has 1 aliphatic heterocycles. The highest BCUT2D eigenvalue weighted by molar-refractivity contribution is 5.76. The Labute approximate surface area is 126 Å². The molecule has 1 atom stereocenters. The van der Waals surface area contributed by atoms with Crippen LogP contribution in [0.5, 0.6) is 0 Å². The first kappa shape index (κ1) is 16.8. The van der Waals surface area contributed by atoms with Gasteiger partial charge in [-0.05, 0) is 39.2 Å². The third-order valence-electron chi connectivity index (χ3n) is 3.97. The third-order valence-corrected chi connectivity index (χ3v) is 3.97. The highest BCUT2D eigenvalue weighted by atomic mass is 19.4. The number of halogens is 3. The zero-order valence-corrected chi connectivity index (χ0v) is 12.7. The van der Waals surface area contributed by atoms with Crippen LogP contribution >= 0.6 is 0 Å². The molecule has 1 saturated heterocycles. The third kappa shape index (κ3) is 4.00. The molecule has 1 aliphatic rings. The summed E-state index contributed by atoms with van der Waals surface area (Å²) in [5.74, 6) is -0.280. The van der Waals surface area contributed by atoms with Crippen molar-refractivity contribution in [3.63, 3.8) is 0 Å². The number of aromatic nitrogens is 2. The summed E-state index contributed by atoms with van der Waals surface area (Å²) in [4.78, 5) is 13.8. The number of rotatable bonds is 2. The number of aryl methyl sites for hydroxylation is 1. The summed E-state index contributed by atoms with van der Waals surface area (Å²) in [5, 5.41) is 13.5. The first-order chi connectivity index (χ1) is 10.1. The zero-order valence-electron chi connectivity index (χ0n) is 12.7. The maximum absolute atomic E-state index is 12.6. The standard InChI is InChI=1S/C14H20F3N3O2/c1-10-8-11(14(15,16)17)18-20(10)9-12(21)19-6-3-4-13(2,22)5-7-19/h8,22H,3-7,9H2,1-2H3. The van der Waals surface area contributed by atoms with Gasteiger partial charge >= 0.3 is 6.18 Å². The number of carbonyl (C=O) groups is 1. The van der Waals surface area contributed by atoms with E-state index in [2.05, 4.69) is 5.10 Å². The first-order valence-electron chi connectivity index (χ1n) is 7.20. The number of likely N-dealkylation sites (tertiary alicyclic amines) is 1. The second-order valence-electron chi connectivity index (χ2n) is 6.06. The van der Waals surface area contributed by atoms with E-state index in [9.17, 15) is 23.1 Å². The largest absolute Gasteiger partial charge is 0.435 e. The highest BCUT2D eigenvalue weighted by Gasteiger charge is 2.35. The summed E-state index contributed by atoms with van der Waals surface area (Å²) in [5.41, 5.74) is -1.49. The molecule has 0 aromatic carbocycles. The smallest absolute Gasteiger partial charge is 0.390 e. The summed E-state index contributed by atoms with van der Waals surface area (Å²) in [6, 6.07) is 0.931. The maximum Gasteiger partial charge on any atom is 0.435 e. The van der Waals surface area contributed by atoms with Crippen LogP contribution in [-0.2, 0) is 17.5 Å². The van der Waals surface area contributed by atoms with Gasteiger partial charge in [-0.15, -0.1) is 0 Å². The lowest BCUT2D eigenvalue weighted by Gasteiger charge is -2.22. The topological polar surface area (TPSA) is 58.4 Å². The second-order valence-corrected chi connectivity index (χ2v) is 6.06. The van der Waals surface area contributed by atoms with E-state index in [-0.39, 0.29) is 12.5 Å². The molecule has 1 fully saturated rings. The van der Waals surface area contributed by atoms with Crippen molar-refractivity contribution in [2.24, 2.45) is 0 Å². The van der Waals surface area contributed by atoms with Crippen molar-refractivity contribution < 1.29 is 23.1 Å². The normalized spacial score (nSPS) is 23.5. The fourth-order valence-electron chi connectivity index (χ4n) is 2.55. The Morgan fingerprint density at radius 2 is 2.09 bits per heavy atom. The molecule has 1 aromatic rings. The molecule has 8 heteroatoms. The summed E-state index contributed by atoms with van der Waals surface area (Å²) >= 11 is 0. The van der Waals surface area contributed by atoms with Crippen LogP contribution in [0, 0.1) is 6.92 Å². The average molecular weight is 319 g/mol. The molecule has 1 aromatic heterocycles. The predicted octanol–water partition coefficient (Wildman–Crippen LogP) is 1.97. The maximum atomic E-state index is 12.6. The molecule has 22 heavy (non-hydrogen) atoms. The van der Waals surface area contributed by atoms with Crippen molar-refractivity contribution in [1.82, 2.24) is 14.7 Å². The summed E-state index contributed by atoms with van der Waals surface area (Å²) in [7, 11) is 0. The van der Waals surface area contributed by atoms with Crippen molar-refractivity contribution >= 4 is 5.91 Å². The number of hydrogen-bond donors (Lipinski definition) is 1. The van der Waals surface area contributed by atoms with Gasteiger partial charge in [0.2, 0.25) is 5.91 Å². The molecule has 124 valence electrons.